The quantitative estimate of drug-likeness (QED) is 0.336. The Morgan fingerprint density at radius 3 is 2.60 bits per heavy atom. The van der Waals surface area contributed by atoms with Crippen molar-refractivity contribution < 1.29 is 23.8 Å². The van der Waals surface area contributed by atoms with E-state index in [9.17, 15) is 9.59 Å². The molecule has 2 heterocycles. The van der Waals surface area contributed by atoms with Crippen LogP contribution in [0.15, 0.2) is 29.4 Å². The normalized spacial score (nSPS) is 12.1. The number of fused-ring (bicyclic) bond motifs is 1. The number of nitrogens with zero attached hydrogens (tertiary/aromatic N) is 2. The molecular formula is C17H16N2O5S. The van der Waals surface area contributed by atoms with Crippen molar-refractivity contribution in [3.05, 3.63) is 41.2 Å². The number of aryl methyl sites for hydroxylation is 2. The van der Waals surface area contributed by atoms with E-state index >= 15 is 0 Å². The number of aromatic nitrogens is 2. The molecule has 3 rings (SSSR count). The second-order valence-corrected chi connectivity index (χ2v) is 6.32. The summed E-state index contributed by atoms with van der Waals surface area (Å²) in [6, 6.07) is 6.70. The topological polar surface area (TPSA) is 87.6 Å². The van der Waals surface area contributed by atoms with E-state index in [1.54, 1.807) is 18.2 Å². The molecular weight excluding hydrogens is 344 g/mol. The summed E-state index contributed by atoms with van der Waals surface area (Å²) in [6.07, 6.45) is 0. The second-order valence-electron chi connectivity index (χ2n) is 5.37. The summed E-state index contributed by atoms with van der Waals surface area (Å²) in [6.45, 7) is 3.54. The Morgan fingerprint density at radius 2 is 1.84 bits per heavy atom. The molecule has 0 saturated carbocycles. The van der Waals surface area contributed by atoms with E-state index < -0.39 is 5.97 Å². The van der Waals surface area contributed by atoms with Crippen LogP contribution in [0.5, 0.6) is 11.5 Å². The van der Waals surface area contributed by atoms with Crippen molar-refractivity contribution in [2.75, 3.05) is 19.2 Å². The SMILES string of the molecule is Cc1cc(C)nc(SCC(=O)OCC(=O)c2ccc3c(c2)OCO3)n1. The fourth-order valence-corrected chi connectivity index (χ4v) is 2.97. The van der Waals surface area contributed by atoms with Crippen molar-refractivity contribution in [2.24, 2.45) is 0 Å². The molecule has 2 aromatic rings. The maximum atomic E-state index is 12.1. The first-order chi connectivity index (χ1) is 12.0. The maximum absolute atomic E-state index is 12.1. The van der Waals surface area contributed by atoms with Crippen LogP contribution in [0.3, 0.4) is 0 Å². The molecule has 1 aliphatic heterocycles. The molecule has 0 amide bonds. The van der Waals surface area contributed by atoms with Crippen LogP contribution in [0.2, 0.25) is 0 Å². The third-order valence-electron chi connectivity index (χ3n) is 3.34. The summed E-state index contributed by atoms with van der Waals surface area (Å²) in [7, 11) is 0. The second kappa shape index (κ2) is 7.52. The number of ketones is 1. The lowest BCUT2D eigenvalue weighted by Gasteiger charge is -2.05. The van der Waals surface area contributed by atoms with Crippen LogP contribution < -0.4 is 9.47 Å². The van der Waals surface area contributed by atoms with Gasteiger partial charge in [0, 0.05) is 17.0 Å². The van der Waals surface area contributed by atoms with Gasteiger partial charge in [-0.15, -0.1) is 0 Å². The summed E-state index contributed by atoms with van der Waals surface area (Å²) >= 11 is 1.18. The molecule has 7 nitrogen and oxygen atoms in total. The van der Waals surface area contributed by atoms with Gasteiger partial charge in [0.1, 0.15) is 0 Å². The Bertz CT molecular complexity index is 804. The highest BCUT2D eigenvalue weighted by atomic mass is 32.2. The van der Waals surface area contributed by atoms with Crippen LogP contribution in [0.1, 0.15) is 21.7 Å². The van der Waals surface area contributed by atoms with Gasteiger partial charge in [0.05, 0.1) is 5.75 Å². The van der Waals surface area contributed by atoms with Crippen LogP contribution >= 0.6 is 11.8 Å². The van der Waals surface area contributed by atoms with Crippen molar-refractivity contribution >= 4 is 23.5 Å². The van der Waals surface area contributed by atoms with Gasteiger partial charge < -0.3 is 14.2 Å². The van der Waals surface area contributed by atoms with E-state index in [1.165, 1.54) is 11.8 Å². The van der Waals surface area contributed by atoms with Crippen molar-refractivity contribution in [1.29, 1.82) is 0 Å². The van der Waals surface area contributed by atoms with Gasteiger partial charge >= 0.3 is 5.97 Å². The first-order valence-electron chi connectivity index (χ1n) is 7.55. The Morgan fingerprint density at radius 1 is 1.12 bits per heavy atom. The van der Waals surface area contributed by atoms with Gasteiger partial charge in [-0.3, -0.25) is 9.59 Å². The molecule has 0 bridgehead atoms. The van der Waals surface area contributed by atoms with Crippen LogP contribution in [-0.4, -0.2) is 40.9 Å². The minimum Gasteiger partial charge on any atom is -0.457 e. The lowest BCUT2D eigenvalue weighted by Crippen LogP contribution is -2.15. The van der Waals surface area contributed by atoms with E-state index in [0.29, 0.717) is 22.2 Å². The number of carbonyl (C=O) groups is 2. The third kappa shape index (κ3) is 4.48. The zero-order valence-electron chi connectivity index (χ0n) is 13.8. The number of Topliss-reactive ketones (excluding diaryl/α,β-unsaturated/α-hetero) is 1. The molecule has 25 heavy (non-hydrogen) atoms. The Kier molecular flexibility index (Phi) is 5.18. The molecule has 0 radical (unpaired) electrons. The highest BCUT2D eigenvalue weighted by Gasteiger charge is 2.17. The zero-order chi connectivity index (χ0) is 17.8. The van der Waals surface area contributed by atoms with Crippen LogP contribution in [-0.2, 0) is 9.53 Å². The van der Waals surface area contributed by atoms with E-state index in [-0.39, 0.29) is 24.9 Å². The highest BCUT2D eigenvalue weighted by molar-refractivity contribution is 7.99. The Labute approximate surface area is 148 Å². The van der Waals surface area contributed by atoms with Crippen LogP contribution in [0.25, 0.3) is 0 Å². The number of ether oxygens (including phenoxy) is 3. The molecule has 0 fully saturated rings. The van der Waals surface area contributed by atoms with E-state index in [2.05, 4.69) is 9.97 Å². The van der Waals surface area contributed by atoms with Crippen LogP contribution in [0, 0.1) is 13.8 Å². The molecule has 1 aromatic carbocycles. The van der Waals surface area contributed by atoms with Gasteiger partial charge in [-0.25, -0.2) is 9.97 Å². The molecule has 130 valence electrons. The average Bonchev–Trinajstić information content (AvgIpc) is 3.04. The average molecular weight is 360 g/mol. The molecule has 1 aliphatic rings. The van der Waals surface area contributed by atoms with Gasteiger partial charge in [0.2, 0.25) is 6.79 Å². The van der Waals surface area contributed by atoms with Crippen molar-refractivity contribution in [3.63, 3.8) is 0 Å². The zero-order valence-corrected chi connectivity index (χ0v) is 14.6. The van der Waals surface area contributed by atoms with E-state index in [1.807, 2.05) is 19.9 Å². The molecule has 8 heteroatoms. The number of benzene rings is 1. The smallest absolute Gasteiger partial charge is 0.316 e. The number of rotatable bonds is 6. The molecule has 1 aromatic heterocycles. The maximum Gasteiger partial charge on any atom is 0.316 e. The third-order valence-corrected chi connectivity index (χ3v) is 4.16. The predicted molar refractivity (Wildman–Crippen MR) is 90.1 cm³/mol. The summed E-state index contributed by atoms with van der Waals surface area (Å²) in [5.74, 6) is 0.344. The number of hydrogen-bond donors (Lipinski definition) is 0. The van der Waals surface area contributed by atoms with Crippen molar-refractivity contribution in [3.8, 4) is 11.5 Å². The number of esters is 1. The Balaban J connectivity index is 1.49. The fourth-order valence-electron chi connectivity index (χ4n) is 2.22. The molecule has 0 atom stereocenters. The lowest BCUT2D eigenvalue weighted by molar-refractivity contribution is -0.139. The van der Waals surface area contributed by atoms with Gasteiger partial charge in [-0.1, -0.05) is 11.8 Å². The van der Waals surface area contributed by atoms with Gasteiger partial charge in [0.25, 0.3) is 0 Å². The van der Waals surface area contributed by atoms with E-state index in [0.717, 1.165) is 11.4 Å². The fraction of sp³-hybridized carbons (Fsp3) is 0.294. The largest absolute Gasteiger partial charge is 0.457 e. The first-order valence-corrected chi connectivity index (χ1v) is 8.53. The van der Waals surface area contributed by atoms with Gasteiger partial charge in [-0.2, -0.15) is 0 Å². The van der Waals surface area contributed by atoms with Crippen molar-refractivity contribution in [1.82, 2.24) is 9.97 Å². The standard InChI is InChI=1S/C17H16N2O5S/c1-10-5-11(2)19-17(18-10)25-8-16(21)22-7-13(20)12-3-4-14-15(6-12)24-9-23-14/h3-6H,7-9H2,1-2H3. The molecule has 0 unspecified atom stereocenters. The number of hydrogen-bond acceptors (Lipinski definition) is 8. The monoisotopic (exact) mass is 360 g/mol. The summed E-state index contributed by atoms with van der Waals surface area (Å²) in [5, 5.41) is 0.511. The minimum atomic E-state index is -0.498. The summed E-state index contributed by atoms with van der Waals surface area (Å²) in [5.41, 5.74) is 2.07. The minimum absolute atomic E-state index is 0.0390. The Hall–Kier alpha value is -2.61. The van der Waals surface area contributed by atoms with E-state index in [4.69, 9.17) is 14.2 Å². The summed E-state index contributed by atoms with van der Waals surface area (Å²) in [4.78, 5) is 32.4. The molecule has 0 spiro atoms. The van der Waals surface area contributed by atoms with Gasteiger partial charge in [0.15, 0.2) is 29.0 Å². The number of thioether (sulfide) groups is 1. The molecule has 0 aliphatic carbocycles. The highest BCUT2D eigenvalue weighted by Crippen LogP contribution is 2.32. The predicted octanol–water partition coefficient (Wildman–Crippen LogP) is 2.34. The van der Waals surface area contributed by atoms with Gasteiger partial charge in [-0.05, 0) is 38.1 Å². The number of carbonyl (C=O) groups excluding carboxylic acids is 2. The summed E-state index contributed by atoms with van der Waals surface area (Å²) < 4.78 is 15.4. The molecule has 0 N–H and O–H groups in total. The van der Waals surface area contributed by atoms with Crippen molar-refractivity contribution in [2.45, 2.75) is 19.0 Å². The van der Waals surface area contributed by atoms with Crippen LogP contribution in [0.4, 0.5) is 0 Å². The first kappa shape index (κ1) is 17.2. The molecule has 0 saturated heterocycles. The lowest BCUT2D eigenvalue weighted by atomic mass is 10.1.